The summed E-state index contributed by atoms with van der Waals surface area (Å²) in [4.78, 5) is 11.7. The van der Waals surface area contributed by atoms with Crippen molar-refractivity contribution >= 4 is 6.03 Å². The average Bonchev–Trinajstić information content (AvgIpc) is 2.38. The highest BCUT2D eigenvalue weighted by atomic mass is 19.1. The summed E-state index contributed by atoms with van der Waals surface area (Å²) in [6, 6.07) is 2.39. The number of aliphatic hydroxyl groups excluding tert-OH is 1. The van der Waals surface area contributed by atoms with E-state index in [4.69, 9.17) is 5.11 Å². The predicted molar refractivity (Wildman–Crippen MR) is 72.2 cm³/mol. The lowest BCUT2D eigenvalue weighted by Crippen LogP contribution is -2.38. The molecule has 0 bridgehead atoms. The fraction of sp³-hybridized carbons (Fsp3) is 0.500. The van der Waals surface area contributed by atoms with Crippen molar-refractivity contribution in [3.63, 3.8) is 0 Å². The quantitative estimate of drug-likeness (QED) is 0.674. The van der Waals surface area contributed by atoms with Gasteiger partial charge in [0.15, 0.2) is 0 Å². The summed E-state index contributed by atoms with van der Waals surface area (Å²) in [5.41, 5.74) is 0.269. The summed E-state index contributed by atoms with van der Waals surface area (Å²) in [7, 11) is 0. The second-order valence-electron chi connectivity index (χ2n) is 4.48. The molecule has 112 valence electrons. The largest absolute Gasteiger partial charge is 0.396 e. The molecule has 1 aromatic carbocycles. The number of rotatable bonds is 7. The van der Waals surface area contributed by atoms with Crippen LogP contribution in [0, 0.1) is 11.6 Å². The summed E-state index contributed by atoms with van der Waals surface area (Å²) in [5.74, 6) is -1.31. The van der Waals surface area contributed by atoms with Gasteiger partial charge in [-0.05, 0) is 18.9 Å². The number of carbonyl (C=O) groups excluding carboxylic acids is 1. The summed E-state index contributed by atoms with van der Waals surface area (Å²) >= 11 is 0. The minimum atomic E-state index is -0.667. The van der Waals surface area contributed by atoms with Crippen LogP contribution in [0.4, 0.5) is 13.6 Å². The van der Waals surface area contributed by atoms with Crippen LogP contribution in [0.15, 0.2) is 18.2 Å². The van der Waals surface area contributed by atoms with Crippen molar-refractivity contribution < 1.29 is 18.7 Å². The van der Waals surface area contributed by atoms with Crippen LogP contribution < -0.4 is 10.6 Å². The highest BCUT2D eigenvalue weighted by Gasteiger charge is 2.17. The molecular formula is C14H20F2N2O2. The standard InChI is InChI=1S/C14H20F2N2O2/c1-2-4-13(18-14(20)17-7-3-8-19)11-6-5-10(15)9-12(11)16/h5-6,9,13,19H,2-4,7-8H2,1H3,(H2,17,18,20). The Morgan fingerprint density at radius 1 is 1.40 bits per heavy atom. The molecule has 4 nitrogen and oxygen atoms in total. The Morgan fingerprint density at radius 2 is 2.15 bits per heavy atom. The summed E-state index contributed by atoms with van der Waals surface area (Å²) in [5, 5.41) is 13.9. The maximum Gasteiger partial charge on any atom is 0.315 e. The molecule has 1 aromatic rings. The highest BCUT2D eigenvalue weighted by molar-refractivity contribution is 5.74. The van der Waals surface area contributed by atoms with Crippen LogP contribution in [0.3, 0.4) is 0 Å². The molecule has 0 heterocycles. The summed E-state index contributed by atoms with van der Waals surface area (Å²) in [6.45, 7) is 2.25. The first-order valence-electron chi connectivity index (χ1n) is 6.68. The maximum atomic E-state index is 13.7. The van der Waals surface area contributed by atoms with Gasteiger partial charge in [-0.1, -0.05) is 19.4 Å². The first-order valence-corrected chi connectivity index (χ1v) is 6.68. The molecule has 0 fully saturated rings. The minimum absolute atomic E-state index is 0.00867. The molecule has 0 radical (unpaired) electrons. The van der Waals surface area contributed by atoms with Gasteiger partial charge in [-0.25, -0.2) is 13.6 Å². The van der Waals surface area contributed by atoms with Gasteiger partial charge in [-0.3, -0.25) is 0 Å². The first kappa shape index (κ1) is 16.4. The van der Waals surface area contributed by atoms with Gasteiger partial charge < -0.3 is 15.7 Å². The van der Waals surface area contributed by atoms with E-state index in [-0.39, 0.29) is 12.2 Å². The Bertz CT molecular complexity index is 441. The smallest absolute Gasteiger partial charge is 0.315 e. The molecule has 1 unspecified atom stereocenters. The number of nitrogens with one attached hydrogen (secondary N) is 2. The average molecular weight is 286 g/mol. The monoisotopic (exact) mass is 286 g/mol. The van der Waals surface area contributed by atoms with Crippen LogP contribution in [-0.2, 0) is 0 Å². The van der Waals surface area contributed by atoms with E-state index in [0.717, 1.165) is 12.5 Å². The van der Waals surface area contributed by atoms with E-state index in [2.05, 4.69) is 10.6 Å². The molecule has 1 atom stereocenters. The van der Waals surface area contributed by atoms with Crippen molar-refractivity contribution in [2.75, 3.05) is 13.2 Å². The molecule has 1 rings (SSSR count). The third-order valence-electron chi connectivity index (χ3n) is 2.84. The Hall–Kier alpha value is -1.69. The molecule has 2 amide bonds. The zero-order chi connectivity index (χ0) is 15.0. The normalized spacial score (nSPS) is 12.0. The molecule has 0 aliphatic rings. The molecule has 0 aromatic heterocycles. The lowest BCUT2D eigenvalue weighted by atomic mass is 10.0. The molecule has 0 saturated carbocycles. The van der Waals surface area contributed by atoms with E-state index in [1.54, 1.807) is 0 Å². The lowest BCUT2D eigenvalue weighted by molar-refractivity contribution is 0.233. The minimum Gasteiger partial charge on any atom is -0.396 e. The van der Waals surface area contributed by atoms with Gasteiger partial charge in [0.1, 0.15) is 11.6 Å². The van der Waals surface area contributed by atoms with Gasteiger partial charge in [-0.15, -0.1) is 0 Å². The second-order valence-corrected chi connectivity index (χ2v) is 4.48. The third kappa shape index (κ3) is 5.13. The van der Waals surface area contributed by atoms with Crippen LogP contribution in [0.5, 0.6) is 0 Å². The zero-order valence-electron chi connectivity index (χ0n) is 11.5. The fourth-order valence-electron chi connectivity index (χ4n) is 1.87. The van der Waals surface area contributed by atoms with Gasteiger partial charge in [0.2, 0.25) is 0 Å². The first-order chi connectivity index (χ1) is 9.58. The van der Waals surface area contributed by atoms with Gasteiger partial charge in [-0.2, -0.15) is 0 Å². The number of urea groups is 1. The van der Waals surface area contributed by atoms with Crippen LogP contribution in [0.1, 0.15) is 37.8 Å². The molecular weight excluding hydrogens is 266 g/mol. The second kappa shape index (κ2) is 8.47. The van der Waals surface area contributed by atoms with Crippen LogP contribution in [0.2, 0.25) is 0 Å². The molecule has 0 saturated heterocycles. The summed E-state index contributed by atoms with van der Waals surface area (Å²) in [6.07, 6.45) is 1.76. The van der Waals surface area contributed by atoms with Crippen molar-refractivity contribution in [2.45, 2.75) is 32.2 Å². The van der Waals surface area contributed by atoms with Gasteiger partial charge in [0.25, 0.3) is 0 Å². The number of hydrogen-bond donors (Lipinski definition) is 3. The van der Waals surface area contributed by atoms with E-state index >= 15 is 0 Å². The number of benzene rings is 1. The highest BCUT2D eigenvalue weighted by Crippen LogP contribution is 2.22. The number of hydrogen-bond acceptors (Lipinski definition) is 2. The van der Waals surface area contributed by atoms with Crippen LogP contribution >= 0.6 is 0 Å². The molecule has 0 spiro atoms. The topological polar surface area (TPSA) is 61.4 Å². The Kier molecular flexibility index (Phi) is 6.93. The lowest BCUT2D eigenvalue weighted by Gasteiger charge is -2.19. The molecule has 6 heteroatoms. The van der Waals surface area contributed by atoms with E-state index in [0.29, 0.717) is 19.4 Å². The maximum absolute atomic E-state index is 13.7. The van der Waals surface area contributed by atoms with Gasteiger partial charge in [0, 0.05) is 24.8 Å². The number of carbonyl (C=O) groups is 1. The molecule has 20 heavy (non-hydrogen) atoms. The third-order valence-corrected chi connectivity index (χ3v) is 2.84. The predicted octanol–water partition coefficient (Wildman–Crippen LogP) is 2.49. The van der Waals surface area contributed by atoms with Crippen molar-refractivity contribution in [1.29, 1.82) is 0 Å². The zero-order valence-corrected chi connectivity index (χ0v) is 11.5. The Balaban J connectivity index is 2.70. The summed E-state index contributed by atoms with van der Waals surface area (Å²) < 4.78 is 26.6. The van der Waals surface area contributed by atoms with Gasteiger partial charge in [0.05, 0.1) is 6.04 Å². The molecule has 3 N–H and O–H groups in total. The van der Waals surface area contributed by atoms with Crippen molar-refractivity contribution in [2.24, 2.45) is 0 Å². The number of aliphatic hydroxyl groups is 1. The van der Waals surface area contributed by atoms with E-state index in [9.17, 15) is 13.6 Å². The number of halogens is 2. The van der Waals surface area contributed by atoms with Crippen LogP contribution in [0.25, 0.3) is 0 Å². The van der Waals surface area contributed by atoms with Crippen LogP contribution in [-0.4, -0.2) is 24.3 Å². The van der Waals surface area contributed by atoms with E-state index in [1.165, 1.54) is 12.1 Å². The van der Waals surface area contributed by atoms with E-state index in [1.807, 2.05) is 6.92 Å². The van der Waals surface area contributed by atoms with Crippen molar-refractivity contribution in [1.82, 2.24) is 10.6 Å². The Labute approximate surface area is 117 Å². The Morgan fingerprint density at radius 3 is 2.75 bits per heavy atom. The fourth-order valence-corrected chi connectivity index (χ4v) is 1.87. The van der Waals surface area contributed by atoms with Gasteiger partial charge >= 0.3 is 6.03 Å². The number of amides is 2. The van der Waals surface area contributed by atoms with Crippen molar-refractivity contribution in [3.05, 3.63) is 35.4 Å². The molecule has 0 aliphatic carbocycles. The van der Waals surface area contributed by atoms with Crippen molar-refractivity contribution in [3.8, 4) is 0 Å². The van der Waals surface area contributed by atoms with E-state index < -0.39 is 23.7 Å². The molecule has 0 aliphatic heterocycles. The SMILES string of the molecule is CCCC(NC(=O)NCCCO)c1ccc(F)cc1F.